The number of carbonyl (C=O) groups excluding carboxylic acids is 1. The van der Waals surface area contributed by atoms with Gasteiger partial charge >= 0.3 is 5.97 Å². The molecule has 0 unspecified atom stereocenters. The Hall–Kier alpha value is -2.81. The Labute approximate surface area is 147 Å². The Bertz CT molecular complexity index is 957. The highest BCUT2D eigenvalue weighted by molar-refractivity contribution is 7.21. The van der Waals surface area contributed by atoms with Gasteiger partial charge in [-0.2, -0.15) is 15.0 Å². The first kappa shape index (κ1) is 17.0. The number of anilines is 2. The number of nitrogen functional groups attached to an aromatic ring is 1. The van der Waals surface area contributed by atoms with Gasteiger partial charge in [0.05, 0.1) is 0 Å². The number of hydrogen-bond donors (Lipinski definition) is 1. The summed E-state index contributed by atoms with van der Waals surface area (Å²) in [7, 11) is 3.53. The number of aromatic nitrogens is 3. The molecule has 2 aromatic heterocycles. The topological polar surface area (TPSA) is 94.2 Å². The van der Waals surface area contributed by atoms with Gasteiger partial charge in [-0.1, -0.05) is 6.07 Å². The maximum absolute atomic E-state index is 13.9. The average Bonchev–Trinajstić information content (AvgIpc) is 2.90. The zero-order valence-corrected chi connectivity index (χ0v) is 14.7. The standard InChI is InChI=1S/C16H16FN5O2S/c1-8-12-9(17)5-4-6-10(12)25-13(8)14(23)24-7-11-19-15(18)21-16(20-11)22(2)3/h4-6H,7H2,1-3H3,(H2,18,19,20,21). The predicted octanol–water partition coefficient (Wildman–Crippen LogP) is 2.54. The molecule has 1 aromatic carbocycles. The van der Waals surface area contributed by atoms with Gasteiger partial charge in [0.15, 0.2) is 12.4 Å². The zero-order chi connectivity index (χ0) is 18.1. The highest BCUT2D eigenvalue weighted by atomic mass is 32.1. The summed E-state index contributed by atoms with van der Waals surface area (Å²) >= 11 is 1.19. The summed E-state index contributed by atoms with van der Waals surface area (Å²) in [6.07, 6.45) is 0. The largest absolute Gasteiger partial charge is 0.453 e. The molecule has 0 atom stereocenters. The van der Waals surface area contributed by atoms with Crippen molar-refractivity contribution in [2.45, 2.75) is 13.5 Å². The highest BCUT2D eigenvalue weighted by Gasteiger charge is 2.19. The van der Waals surface area contributed by atoms with Crippen molar-refractivity contribution in [3.8, 4) is 0 Å². The van der Waals surface area contributed by atoms with E-state index in [9.17, 15) is 9.18 Å². The van der Waals surface area contributed by atoms with Gasteiger partial charge in [0.25, 0.3) is 0 Å². The number of rotatable bonds is 4. The molecule has 0 aliphatic heterocycles. The van der Waals surface area contributed by atoms with Crippen LogP contribution in [0.1, 0.15) is 21.1 Å². The summed E-state index contributed by atoms with van der Waals surface area (Å²) < 4.78 is 19.9. The lowest BCUT2D eigenvalue weighted by Gasteiger charge is -2.11. The fraction of sp³-hybridized carbons (Fsp3) is 0.250. The molecule has 25 heavy (non-hydrogen) atoms. The molecule has 0 amide bonds. The van der Waals surface area contributed by atoms with Gasteiger partial charge in [-0.25, -0.2) is 9.18 Å². The smallest absolute Gasteiger partial charge is 0.349 e. The van der Waals surface area contributed by atoms with E-state index in [-0.39, 0.29) is 24.2 Å². The number of nitrogens with zero attached hydrogens (tertiary/aromatic N) is 4. The van der Waals surface area contributed by atoms with Crippen molar-refractivity contribution in [2.75, 3.05) is 24.7 Å². The molecule has 130 valence electrons. The van der Waals surface area contributed by atoms with Crippen LogP contribution in [0.15, 0.2) is 18.2 Å². The van der Waals surface area contributed by atoms with Crippen molar-refractivity contribution in [3.05, 3.63) is 40.3 Å². The molecule has 0 bridgehead atoms. The number of benzene rings is 1. The van der Waals surface area contributed by atoms with E-state index in [1.54, 1.807) is 38.1 Å². The molecule has 0 aliphatic rings. The predicted molar refractivity (Wildman–Crippen MR) is 94.2 cm³/mol. The lowest BCUT2D eigenvalue weighted by Crippen LogP contribution is -2.17. The number of esters is 1. The van der Waals surface area contributed by atoms with Gasteiger partial charge in [0, 0.05) is 24.2 Å². The summed E-state index contributed by atoms with van der Waals surface area (Å²) in [5.41, 5.74) is 6.20. The third-order valence-corrected chi connectivity index (χ3v) is 4.75. The Morgan fingerprint density at radius 1 is 1.32 bits per heavy atom. The number of aryl methyl sites for hydroxylation is 1. The summed E-state index contributed by atoms with van der Waals surface area (Å²) in [6.45, 7) is 1.55. The van der Waals surface area contributed by atoms with E-state index >= 15 is 0 Å². The number of ether oxygens (including phenoxy) is 1. The number of carbonyl (C=O) groups is 1. The second-order valence-corrected chi connectivity index (χ2v) is 6.60. The fourth-order valence-corrected chi connectivity index (χ4v) is 3.45. The number of hydrogen-bond acceptors (Lipinski definition) is 8. The molecule has 0 saturated heterocycles. The molecule has 0 saturated carbocycles. The molecule has 2 heterocycles. The SMILES string of the molecule is Cc1c(C(=O)OCc2nc(N)nc(N(C)C)n2)sc2cccc(F)c12. The van der Waals surface area contributed by atoms with Gasteiger partial charge < -0.3 is 15.4 Å². The van der Waals surface area contributed by atoms with E-state index in [1.807, 2.05) is 0 Å². The monoisotopic (exact) mass is 361 g/mol. The van der Waals surface area contributed by atoms with Crippen LogP contribution in [-0.2, 0) is 11.3 Å². The number of nitrogens with two attached hydrogens (primary N) is 1. The summed E-state index contributed by atoms with van der Waals surface area (Å²) in [4.78, 5) is 26.5. The van der Waals surface area contributed by atoms with Crippen LogP contribution in [-0.4, -0.2) is 35.0 Å². The normalized spacial score (nSPS) is 10.9. The van der Waals surface area contributed by atoms with E-state index < -0.39 is 5.97 Å². The van der Waals surface area contributed by atoms with Crippen LogP contribution in [0.2, 0.25) is 0 Å². The molecule has 0 fully saturated rings. The Morgan fingerprint density at radius 3 is 2.76 bits per heavy atom. The number of thiophene rings is 1. The van der Waals surface area contributed by atoms with Gasteiger partial charge in [-0.15, -0.1) is 11.3 Å². The van der Waals surface area contributed by atoms with E-state index in [0.717, 1.165) is 0 Å². The van der Waals surface area contributed by atoms with Crippen LogP contribution in [0, 0.1) is 12.7 Å². The second-order valence-electron chi connectivity index (χ2n) is 5.55. The van der Waals surface area contributed by atoms with Crippen LogP contribution >= 0.6 is 11.3 Å². The Kier molecular flexibility index (Phi) is 4.49. The molecule has 0 spiro atoms. The number of fused-ring (bicyclic) bond motifs is 1. The first-order chi connectivity index (χ1) is 11.9. The van der Waals surface area contributed by atoms with Crippen molar-refractivity contribution >= 4 is 39.3 Å². The lowest BCUT2D eigenvalue weighted by atomic mass is 10.1. The quantitative estimate of drug-likeness (QED) is 0.714. The van der Waals surface area contributed by atoms with E-state index in [0.29, 0.717) is 26.5 Å². The maximum Gasteiger partial charge on any atom is 0.349 e. The minimum Gasteiger partial charge on any atom is -0.453 e. The molecule has 2 N–H and O–H groups in total. The Morgan fingerprint density at radius 2 is 2.08 bits per heavy atom. The third-order valence-electron chi connectivity index (χ3n) is 3.51. The summed E-state index contributed by atoms with van der Waals surface area (Å²) in [6, 6.07) is 4.75. The molecule has 3 aromatic rings. The fourth-order valence-electron chi connectivity index (χ4n) is 2.33. The third kappa shape index (κ3) is 3.36. The van der Waals surface area contributed by atoms with Gasteiger partial charge in [-0.05, 0) is 24.6 Å². The van der Waals surface area contributed by atoms with Crippen molar-refractivity contribution in [3.63, 3.8) is 0 Å². The minimum atomic E-state index is -0.552. The first-order valence-corrected chi connectivity index (χ1v) is 8.21. The summed E-state index contributed by atoms with van der Waals surface area (Å²) in [5, 5.41) is 0.443. The van der Waals surface area contributed by atoms with Crippen molar-refractivity contribution < 1.29 is 13.9 Å². The van der Waals surface area contributed by atoms with Crippen LogP contribution in [0.3, 0.4) is 0 Å². The van der Waals surface area contributed by atoms with Crippen LogP contribution in [0.25, 0.3) is 10.1 Å². The minimum absolute atomic E-state index is 0.0462. The highest BCUT2D eigenvalue weighted by Crippen LogP contribution is 2.33. The maximum atomic E-state index is 13.9. The molecular formula is C16H16FN5O2S. The average molecular weight is 361 g/mol. The molecule has 0 radical (unpaired) electrons. The summed E-state index contributed by atoms with van der Waals surface area (Å²) in [5.74, 6) is -0.243. The van der Waals surface area contributed by atoms with Crippen LogP contribution in [0.4, 0.5) is 16.3 Å². The second kappa shape index (κ2) is 6.60. The van der Waals surface area contributed by atoms with Crippen LogP contribution in [0.5, 0.6) is 0 Å². The van der Waals surface area contributed by atoms with E-state index in [4.69, 9.17) is 10.5 Å². The molecule has 3 rings (SSSR count). The molecular weight excluding hydrogens is 345 g/mol. The molecule has 0 aliphatic carbocycles. The zero-order valence-electron chi connectivity index (χ0n) is 13.9. The van der Waals surface area contributed by atoms with E-state index in [1.165, 1.54) is 17.4 Å². The van der Waals surface area contributed by atoms with Crippen molar-refractivity contribution in [2.24, 2.45) is 0 Å². The first-order valence-electron chi connectivity index (χ1n) is 7.39. The van der Waals surface area contributed by atoms with Crippen LogP contribution < -0.4 is 10.6 Å². The molecule has 9 heteroatoms. The number of halogens is 1. The van der Waals surface area contributed by atoms with Gasteiger partial charge in [-0.3, -0.25) is 0 Å². The molecule has 7 nitrogen and oxygen atoms in total. The lowest BCUT2D eigenvalue weighted by molar-refractivity contribution is 0.0467. The Balaban J connectivity index is 1.82. The van der Waals surface area contributed by atoms with Crippen molar-refractivity contribution in [1.82, 2.24) is 15.0 Å². The van der Waals surface area contributed by atoms with Gasteiger partial charge in [0.1, 0.15) is 10.7 Å². The van der Waals surface area contributed by atoms with Crippen molar-refractivity contribution in [1.29, 1.82) is 0 Å². The van der Waals surface area contributed by atoms with E-state index in [2.05, 4.69) is 15.0 Å². The van der Waals surface area contributed by atoms with Gasteiger partial charge in [0.2, 0.25) is 11.9 Å².